The molecule has 0 bridgehead atoms. The lowest BCUT2D eigenvalue weighted by atomic mass is 9.80. The van der Waals surface area contributed by atoms with E-state index in [-0.39, 0.29) is 5.92 Å². The molecule has 0 aliphatic heterocycles. The number of imidazole rings is 1. The van der Waals surface area contributed by atoms with E-state index in [4.69, 9.17) is 11.6 Å². The Morgan fingerprint density at radius 3 is 2.50 bits per heavy atom. The average Bonchev–Trinajstić information content (AvgIpc) is 2.58. The van der Waals surface area contributed by atoms with Crippen molar-refractivity contribution in [3.05, 3.63) is 17.2 Å². The van der Waals surface area contributed by atoms with E-state index < -0.39 is 0 Å². The van der Waals surface area contributed by atoms with Gasteiger partial charge in [0.1, 0.15) is 16.8 Å². The van der Waals surface area contributed by atoms with Crippen molar-refractivity contribution in [1.82, 2.24) is 9.55 Å². The lowest BCUT2D eigenvalue weighted by molar-refractivity contribution is -0.121. The Morgan fingerprint density at radius 1 is 1.44 bits per heavy atom. The number of aromatic nitrogens is 2. The summed E-state index contributed by atoms with van der Waals surface area (Å²) in [5.41, 5.74) is 0. The zero-order valence-corrected chi connectivity index (χ0v) is 10.5. The van der Waals surface area contributed by atoms with E-state index in [1.165, 1.54) is 0 Å². The molecule has 3 nitrogen and oxygen atoms in total. The van der Waals surface area contributed by atoms with Gasteiger partial charge in [0.2, 0.25) is 0 Å². The molecule has 0 aromatic carbocycles. The van der Waals surface area contributed by atoms with Crippen LogP contribution in [-0.2, 0) is 11.8 Å². The predicted molar refractivity (Wildman–Crippen MR) is 63.6 cm³/mol. The monoisotopic (exact) mass is 240 g/mol. The zero-order valence-electron chi connectivity index (χ0n) is 9.74. The number of nitrogens with zero attached hydrogens (tertiary/aromatic N) is 2. The van der Waals surface area contributed by atoms with Gasteiger partial charge in [0.05, 0.1) is 0 Å². The summed E-state index contributed by atoms with van der Waals surface area (Å²) >= 11 is 5.88. The number of halogens is 1. The molecular weight excluding hydrogens is 224 g/mol. The summed E-state index contributed by atoms with van der Waals surface area (Å²) in [5.74, 6) is 2.13. The van der Waals surface area contributed by atoms with Crippen LogP contribution in [-0.4, -0.2) is 15.3 Å². The van der Waals surface area contributed by atoms with Crippen LogP contribution in [0.2, 0.25) is 5.15 Å². The van der Waals surface area contributed by atoms with Crippen LogP contribution in [0.15, 0.2) is 6.20 Å². The minimum atomic E-state index is 0.270. The number of rotatable bonds is 2. The Kier molecular flexibility index (Phi) is 3.33. The minimum Gasteiger partial charge on any atom is -0.336 e. The lowest BCUT2D eigenvalue weighted by Crippen LogP contribution is -2.20. The molecule has 1 aromatic rings. The molecule has 1 aliphatic carbocycles. The first-order valence-corrected chi connectivity index (χ1v) is 6.15. The summed E-state index contributed by atoms with van der Waals surface area (Å²) in [4.78, 5) is 15.6. The molecule has 1 heterocycles. The van der Waals surface area contributed by atoms with Crippen molar-refractivity contribution >= 4 is 17.4 Å². The number of carbonyl (C=O) groups is 1. The molecule has 16 heavy (non-hydrogen) atoms. The SMILES string of the molecule is CC(=O)C1CCC(c2nc(Cl)cn2C)CC1. The van der Waals surface area contributed by atoms with Crippen LogP contribution in [0.5, 0.6) is 0 Å². The highest BCUT2D eigenvalue weighted by Crippen LogP contribution is 2.35. The molecule has 0 N–H and O–H groups in total. The number of hydrogen-bond donors (Lipinski definition) is 0. The molecule has 0 atom stereocenters. The van der Waals surface area contributed by atoms with Gasteiger partial charge in [-0.15, -0.1) is 0 Å². The van der Waals surface area contributed by atoms with Gasteiger partial charge < -0.3 is 4.57 Å². The molecule has 1 aliphatic rings. The van der Waals surface area contributed by atoms with Crippen molar-refractivity contribution < 1.29 is 4.79 Å². The van der Waals surface area contributed by atoms with Gasteiger partial charge in [0.25, 0.3) is 0 Å². The summed E-state index contributed by atoms with van der Waals surface area (Å²) < 4.78 is 2.00. The fraction of sp³-hybridized carbons (Fsp3) is 0.667. The third-order valence-electron chi connectivity index (χ3n) is 3.55. The van der Waals surface area contributed by atoms with Crippen molar-refractivity contribution in [2.75, 3.05) is 0 Å². The summed E-state index contributed by atoms with van der Waals surface area (Å²) in [6, 6.07) is 0. The van der Waals surface area contributed by atoms with E-state index in [2.05, 4.69) is 4.98 Å². The molecular formula is C12H17ClN2O. The Bertz CT molecular complexity index is 392. The maximum absolute atomic E-state index is 11.3. The molecule has 0 spiro atoms. The molecule has 0 saturated heterocycles. The third kappa shape index (κ3) is 2.29. The van der Waals surface area contributed by atoms with E-state index in [1.54, 1.807) is 6.92 Å². The third-order valence-corrected chi connectivity index (χ3v) is 3.73. The van der Waals surface area contributed by atoms with Crippen LogP contribution in [0, 0.1) is 5.92 Å². The van der Waals surface area contributed by atoms with Crippen LogP contribution in [0.1, 0.15) is 44.3 Å². The highest BCUT2D eigenvalue weighted by Gasteiger charge is 2.27. The van der Waals surface area contributed by atoms with E-state index in [0.717, 1.165) is 31.5 Å². The molecule has 1 aromatic heterocycles. The van der Waals surface area contributed by atoms with E-state index in [9.17, 15) is 4.79 Å². The molecule has 4 heteroatoms. The van der Waals surface area contributed by atoms with Crippen molar-refractivity contribution in [3.63, 3.8) is 0 Å². The van der Waals surface area contributed by atoms with Crippen molar-refractivity contribution in [3.8, 4) is 0 Å². The van der Waals surface area contributed by atoms with Gasteiger partial charge in [0, 0.05) is 25.1 Å². The molecule has 88 valence electrons. The average molecular weight is 241 g/mol. The summed E-state index contributed by atoms with van der Waals surface area (Å²) in [6.45, 7) is 1.70. The highest BCUT2D eigenvalue weighted by molar-refractivity contribution is 6.29. The number of hydrogen-bond acceptors (Lipinski definition) is 2. The smallest absolute Gasteiger partial charge is 0.147 e. The quantitative estimate of drug-likeness (QED) is 0.797. The standard InChI is InChI=1S/C12H17ClN2O/c1-8(16)9-3-5-10(6-4-9)12-14-11(13)7-15(12)2/h7,9-10H,3-6H2,1-2H3. The van der Waals surface area contributed by atoms with Crippen LogP contribution in [0.3, 0.4) is 0 Å². The Morgan fingerprint density at radius 2 is 2.06 bits per heavy atom. The first kappa shape index (κ1) is 11.6. The van der Waals surface area contributed by atoms with E-state index >= 15 is 0 Å². The van der Waals surface area contributed by atoms with Crippen LogP contribution >= 0.6 is 11.6 Å². The van der Waals surface area contributed by atoms with Gasteiger partial charge >= 0.3 is 0 Å². The number of ketones is 1. The molecule has 1 saturated carbocycles. The van der Waals surface area contributed by atoms with Gasteiger partial charge in [-0.3, -0.25) is 4.79 Å². The molecule has 0 amide bonds. The van der Waals surface area contributed by atoms with Gasteiger partial charge in [-0.1, -0.05) is 11.6 Å². The van der Waals surface area contributed by atoms with Gasteiger partial charge in [-0.2, -0.15) is 0 Å². The van der Waals surface area contributed by atoms with Crippen molar-refractivity contribution in [1.29, 1.82) is 0 Å². The number of Topliss-reactive ketones (excluding diaryl/α,β-unsaturated/α-hetero) is 1. The fourth-order valence-electron chi connectivity index (χ4n) is 2.58. The van der Waals surface area contributed by atoms with Crippen LogP contribution < -0.4 is 0 Å². The highest BCUT2D eigenvalue weighted by atomic mass is 35.5. The Labute approximate surface area is 101 Å². The van der Waals surface area contributed by atoms with Gasteiger partial charge in [-0.25, -0.2) is 4.98 Å². The fourth-order valence-corrected chi connectivity index (χ4v) is 2.81. The van der Waals surface area contributed by atoms with Crippen molar-refractivity contribution in [2.24, 2.45) is 13.0 Å². The maximum atomic E-state index is 11.3. The normalized spacial score (nSPS) is 25.7. The summed E-state index contributed by atoms with van der Waals surface area (Å²) in [6.07, 6.45) is 5.92. The Balaban J connectivity index is 2.04. The summed E-state index contributed by atoms with van der Waals surface area (Å²) in [5, 5.41) is 0.561. The molecule has 2 rings (SSSR count). The second-order valence-corrected chi connectivity index (χ2v) is 5.08. The van der Waals surface area contributed by atoms with Crippen LogP contribution in [0.25, 0.3) is 0 Å². The predicted octanol–water partition coefficient (Wildman–Crippen LogP) is 2.94. The van der Waals surface area contributed by atoms with Gasteiger partial charge in [-0.05, 0) is 32.6 Å². The van der Waals surface area contributed by atoms with Crippen LogP contribution in [0.4, 0.5) is 0 Å². The van der Waals surface area contributed by atoms with Gasteiger partial charge in [0.15, 0.2) is 0 Å². The second-order valence-electron chi connectivity index (χ2n) is 4.69. The first-order chi connectivity index (χ1) is 7.58. The lowest BCUT2D eigenvalue weighted by Gasteiger charge is -2.26. The maximum Gasteiger partial charge on any atom is 0.147 e. The Hall–Kier alpha value is -0.830. The van der Waals surface area contributed by atoms with E-state index in [1.807, 2.05) is 17.8 Å². The van der Waals surface area contributed by atoms with E-state index in [0.29, 0.717) is 16.9 Å². The second kappa shape index (κ2) is 4.58. The number of carbonyl (C=O) groups excluding carboxylic acids is 1. The number of aryl methyl sites for hydroxylation is 1. The summed E-state index contributed by atoms with van der Waals surface area (Å²) in [7, 11) is 1.98. The molecule has 0 unspecified atom stereocenters. The first-order valence-electron chi connectivity index (χ1n) is 5.77. The molecule has 0 radical (unpaired) electrons. The zero-order chi connectivity index (χ0) is 11.7. The molecule has 1 fully saturated rings. The minimum absolute atomic E-state index is 0.270. The van der Waals surface area contributed by atoms with Crippen molar-refractivity contribution in [2.45, 2.75) is 38.5 Å². The topological polar surface area (TPSA) is 34.9 Å². The largest absolute Gasteiger partial charge is 0.336 e.